The largest absolute Gasteiger partial charge is 0.495 e. The number of nitrogens with zero attached hydrogens (tertiary/aromatic N) is 2. The van der Waals surface area contributed by atoms with Crippen LogP contribution in [0, 0.1) is 5.82 Å². The number of sulfonamides is 1. The maximum absolute atomic E-state index is 13.4. The van der Waals surface area contributed by atoms with E-state index in [1.807, 2.05) is 0 Å². The van der Waals surface area contributed by atoms with E-state index < -0.39 is 28.0 Å². The standard InChI is InChI=1S/C21H25ClFN3O4S.C2HF3O2/c1-30-20-7-6-18(14-19(20)22)31(28,29)26(15-16-2-4-17(23)5-3-16)11-8-21(27)25-12-9-24-10-13-25;3-2(4,5)1(6)7/h2-7,14,24H,8-13,15H2,1H3;(H,6,7). The third kappa shape index (κ3) is 9.11. The number of carbonyl (C=O) groups is 2. The van der Waals surface area contributed by atoms with Crippen molar-refractivity contribution >= 4 is 33.5 Å². The maximum Gasteiger partial charge on any atom is 0.490 e. The lowest BCUT2D eigenvalue weighted by molar-refractivity contribution is -0.192. The van der Waals surface area contributed by atoms with Crippen LogP contribution in [0.15, 0.2) is 47.4 Å². The van der Waals surface area contributed by atoms with E-state index >= 15 is 0 Å². The Hall–Kier alpha value is -2.94. The molecule has 0 radical (unpaired) electrons. The third-order valence-corrected chi connectivity index (χ3v) is 7.46. The Labute approximate surface area is 222 Å². The fourth-order valence-corrected chi connectivity index (χ4v) is 5.10. The minimum absolute atomic E-state index is 0.00109. The summed E-state index contributed by atoms with van der Waals surface area (Å²) >= 11 is 6.13. The summed E-state index contributed by atoms with van der Waals surface area (Å²) in [4.78, 5) is 23.2. The summed E-state index contributed by atoms with van der Waals surface area (Å²) in [6.45, 7) is 2.61. The van der Waals surface area contributed by atoms with Crippen molar-refractivity contribution in [2.45, 2.75) is 24.0 Å². The first-order valence-corrected chi connectivity index (χ1v) is 12.9. The van der Waals surface area contributed by atoms with Crippen LogP contribution in [0.3, 0.4) is 0 Å². The van der Waals surface area contributed by atoms with Crippen LogP contribution < -0.4 is 10.1 Å². The minimum atomic E-state index is -5.08. The van der Waals surface area contributed by atoms with Crippen molar-refractivity contribution in [2.24, 2.45) is 0 Å². The molecule has 0 aliphatic carbocycles. The number of alkyl halides is 3. The van der Waals surface area contributed by atoms with Crippen molar-refractivity contribution in [3.63, 3.8) is 0 Å². The molecule has 1 heterocycles. The third-order valence-electron chi connectivity index (χ3n) is 5.32. The average molecular weight is 584 g/mol. The van der Waals surface area contributed by atoms with Crippen LogP contribution in [0.1, 0.15) is 12.0 Å². The molecule has 9 nitrogen and oxygen atoms in total. The molecule has 0 saturated carbocycles. The molecule has 1 saturated heterocycles. The summed E-state index contributed by atoms with van der Waals surface area (Å²) in [5.74, 6) is -2.91. The molecule has 3 rings (SSSR count). The number of halogens is 5. The van der Waals surface area contributed by atoms with E-state index in [0.29, 0.717) is 37.5 Å². The molecule has 0 unspecified atom stereocenters. The summed E-state index contributed by atoms with van der Waals surface area (Å²) in [6, 6.07) is 9.82. The monoisotopic (exact) mass is 583 g/mol. The molecule has 2 aromatic rings. The van der Waals surface area contributed by atoms with E-state index in [1.54, 1.807) is 4.90 Å². The number of amides is 1. The first-order chi connectivity index (χ1) is 17.8. The number of methoxy groups -OCH3 is 1. The minimum Gasteiger partial charge on any atom is -0.495 e. The van der Waals surface area contributed by atoms with Crippen LogP contribution in [-0.4, -0.2) is 80.6 Å². The van der Waals surface area contributed by atoms with Crippen molar-refractivity contribution < 1.29 is 45.4 Å². The van der Waals surface area contributed by atoms with Crippen molar-refractivity contribution in [3.05, 3.63) is 58.9 Å². The molecule has 0 aromatic heterocycles. The van der Waals surface area contributed by atoms with Gasteiger partial charge in [0, 0.05) is 45.7 Å². The average Bonchev–Trinajstić information content (AvgIpc) is 2.87. The van der Waals surface area contributed by atoms with Gasteiger partial charge in [-0.3, -0.25) is 4.79 Å². The van der Waals surface area contributed by atoms with E-state index in [9.17, 15) is 30.8 Å². The van der Waals surface area contributed by atoms with Gasteiger partial charge in [0.05, 0.1) is 17.0 Å². The van der Waals surface area contributed by atoms with Crippen LogP contribution in [0.5, 0.6) is 5.75 Å². The Morgan fingerprint density at radius 3 is 2.21 bits per heavy atom. The Balaban J connectivity index is 0.000000638. The molecule has 210 valence electrons. The highest BCUT2D eigenvalue weighted by atomic mass is 35.5. The van der Waals surface area contributed by atoms with Crippen LogP contribution in [0.4, 0.5) is 17.6 Å². The Morgan fingerprint density at radius 2 is 1.71 bits per heavy atom. The van der Waals surface area contributed by atoms with E-state index in [4.69, 9.17) is 26.2 Å². The van der Waals surface area contributed by atoms with Crippen LogP contribution in [-0.2, 0) is 26.2 Å². The quantitative estimate of drug-likeness (QED) is 0.459. The smallest absolute Gasteiger partial charge is 0.490 e. The van der Waals surface area contributed by atoms with Gasteiger partial charge in [-0.15, -0.1) is 0 Å². The second-order valence-corrected chi connectivity index (χ2v) is 10.3. The van der Waals surface area contributed by atoms with Crippen molar-refractivity contribution in [1.29, 1.82) is 0 Å². The zero-order valence-electron chi connectivity index (χ0n) is 20.2. The molecule has 1 aliphatic heterocycles. The highest BCUT2D eigenvalue weighted by Gasteiger charge is 2.38. The van der Waals surface area contributed by atoms with E-state index in [0.717, 1.165) is 0 Å². The van der Waals surface area contributed by atoms with Gasteiger partial charge in [0.1, 0.15) is 11.6 Å². The zero-order chi connectivity index (χ0) is 28.5. The van der Waals surface area contributed by atoms with E-state index in [-0.39, 0.29) is 35.3 Å². The highest BCUT2D eigenvalue weighted by molar-refractivity contribution is 7.89. The normalized spacial score (nSPS) is 14.0. The summed E-state index contributed by atoms with van der Waals surface area (Å²) in [5, 5.41) is 10.5. The number of aliphatic carboxylic acids is 1. The molecule has 1 amide bonds. The summed E-state index contributed by atoms with van der Waals surface area (Å²) in [5.41, 5.74) is 0.610. The number of rotatable bonds is 8. The predicted molar refractivity (Wildman–Crippen MR) is 130 cm³/mol. The second kappa shape index (κ2) is 13.7. The van der Waals surface area contributed by atoms with Gasteiger partial charge < -0.3 is 20.1 Å². The number of hydrogen-bond acceptors (Lipinski definition) is 6. The number of carboxylic acid groups (broad SMARTS) is 1. The lowest BCUT2D eigenvalue weighted by atomic mass is 10.2. The number of hydrogen-bond donors (Lipinski definition) is 2. The molecule has 0 spiro atoms. The SMILES string of the molecule is COc1ccc(S(=O)(=O)N(CCC(=O)N2CCNCC2)Cc2ccc(F)cc2)cc1Cl.O=C(O)C(F)(F)F. The van der Waals surface area contributed by atoms with Crippen LogP contribution in [0.25, 0.3) is 0 Å². The molecule has 38 heavy (non-hydrogen) atoms. The van der Waals surface area contributed by atoms with E-state index in [2.05, 4.69) is 5.32 Å². The Morgan fingerprint density at radius 1 is 1.13 bits per heavy atom. The molecule has 0 bridgehead atoms. The van der Waals surface area contributed by atoms with Gasteiger partial charge in [-0.2, -0.15) is 17.5 Å². The zero-order valence-corrected chi connectivity index (χ0v) is 21.7. The fourth-order valence-electron chi connectivity index (χ4n) is 3.33. The molecule has 2 N–H and O–H groups in total. The number of ether oxygens (including phenoxy) is 1. The molecular weight excluding hydrogens is 558 g/mol. The lowest BCUT2D eigenvalue weighted by Gasteiger charge is -2.29. The molecule has 2 aromatic carbocycles. The van der Waals surface area contributed by atoms with Gasteiger partial charge in [-0.25, -0.2) is 17.6 Å². The van der Waals surface area contributed by atoms with Gasteiger partial charge in [0.25, 0.3) is 0 Å². The number of carboxylic acids is 1. The first kappa shape index (κ1) is 31.3. The molecule has 1 aliphatic rings. The predicted octanol–water partition coefficient (Wildman–Crippen LogP) is 3.13. The van der Waals surface area contributed by atoms with Crippen LogP contribution in [0.2, 0.25) is 5.02 Å². The van der Waals surface area contributed by atoms with Gasteiger partial charge in [0.15, 0.2) is 0 Å². The van der Waals surface area contributed by atoms with Crippen molar-refractivity contribution in [3.8, 4) is 5.75 Å². The summed E-state index contributed by atoms with van der Waals surface area (Å²) < 4.78 is 78.1. The van der Waals surface area contributed by atoms with Gasteiger partial charge in [-0.05, 0) is 35.9 Å². The Kier molecular flexibility index (Phi) is 11.3. The van der Waals surface area contributed by atoms with Gasteiger partial charge in [-0.1, -0.05) is 23.7 Å². The van der Waals surface area contributed by atoms with E-state index in [1.165, 1.54) is 53.9 Å². The Bertz CT molecular complexity index is 1210. The van der Waals surface area contributed by atoms with Gasteiger partial charge >= 0.3 is 12.1 Å². The van der Waals surface area contributed by atoms with Crippen molar-refractivity contribution in [1.82, 2.24) is 14.5 Å². The summed E-state index contributed by atoms with van der Waals surface area (Å²) in [6.07, 6.45) is -5.04. The molecule has 0 atom stereocenters. The fraction of sp³-hybridized carbons (Fsp3) is 0.391. The maximum atomic E-state index is 13.4. The highest BCUT2D eigenvalue weighted by Crippen LogP contribution is 2.29. The number of carbonyl (C=O) groups excluding carboxylic acids is 1. The molecular formula is C23H26ClF4N3O6S. The topological polar surface area (TPSA) is 116 Å². The first-order valence-electron chi connectivity index (χ1n) is 11.1. The molecule has 15 heteroatoms. The number of benzene rings is 2. The van der Waals surface area contributed by atoms with Crippen molar-refractivity contribution in [2.75, 3.05) is 39.8 Å². The van der Waals surface area contributed by atoms with Crippen LogP contribution >= 0.6 is 11.6 Å². The second-order valence-electron chi connectivity index (χ2n) is 7.95. The lowest BCUT2D eigenvalue weighted by Crippen LogP contribution is -2.47. The number of nitrogens with one attached hydrogen (secondary N) is 1. The van der Waals surface area contributed by atoms with Gasteiger partial charge in [0.2, 0.25) is 15.9 Å². The molecule has 1 fully saturated rings. The number of piperazine rings is 1. The summed E-state index contributed by atoms with van der Waals surface area (Å²) in [7, 11) is -2.52.